The highest BCUT2D eigenvalue weighted by atomic mass is 16.1. The molecule has 3 aromatic carbocycles. The zero-order valence-electron chi connectivity index (χ0n) is 15.5. The van der Waals surface area contributed by atoms with E-state index in [2.05, 4.69) is 46.6 Å². The molecule has 0 unspecified atom stereocenters. The van der Waals surface area contributed by atoms with Gasteiger partial charge in [0.1, 0.15) is 12.7 Å². The van der Waals surface area contributed by atoms with Crippen molar-refractivity contribution in [3.8, 4) is 5.69 Å². The Morgan fingerprint density at radius 1 is 0.893 bits per heavy atom. The Morgan fingerprint density at radius 3 is 2.21 bits per heavy atom. The largest absolute Gasteiger partial charge is 0.341 e. The summed E-state index contributed by atoms with van der Waals surface area (Å²) in [6.07, 6.45) is 3.10. The van der Waals surface area contributed by atoms with Crippen LogP contribution in [0.4, 0.5) is 0 Å². The lowest BCUT2D eigenvalue weighted by atomic mass is 9.97. The molecule has 0 saturated carbocycles. The Morgan fingerprint density at radius 2 is 1.57 bits per heavy atom. The number of aryl methyl sites for hydroxylation is 1. The van der Waals surface area contributed by atoms with E-state index >= 15 is 0 Å². The number of hydrogen-bond acceptors (Lipinski definition) is 3. The molecule has 1 N–H and O–H groups in total. The molecular weight excluding hydrogens is 348 g/mol. The normalized spacial score (nSPS) is 11.8. The van der Waals surface area contributed by atoms with Gasteiger partial charge in [-0.2, -0.15) is 5.10 Å². The summed E-state index contributed by atoms with van der Waals surface area (Å²) in [5.74, 6) is -0.125. The molecular formula is C23H20N4O. The number of amides is 1. The van der Waals surface area contributed by atoms with Gasteiger partial charge in [0.05, 0.1) is 11.7 Å². The summed E-state index contributed by atoms with van der Waals surface area (Å²) in [6, 6.07) is 25.3. The molecule has 0 aliphatic heterocycles. The molecule has 0 saturated heterocycles. The maximum absolute atomic E-state index is 12.9. The minimum absolute atomic E-state index is 0.125. The number of hydrogen-bond donors (Lipinski definition) is 1. The van der Waals surface area contributed by atoms with Crippen molar-refractivity contribution in [2.45, 2.75) is 13.0 Å². The first-order valence-electron chi connectivity index (χ1n) is 9.08. The predicted octanol–water partition coefficient (Wildman–Crippen LogP) is 4.10. The van der Waals surface area contributed by atoms with Crippen LogP contribution in [0, 0.1) is 6.92 Å². The molecule has 0 aliphatic carbocycles. The molecule has 0 spiro atoms. The Bertz CT molecular complexity index is 1040. The first kappa shape index (κ1) is 17.7. The summed E-state index contributed by atoms with van der Waals surface area (Å²) in [5.41, 5.74) is 4.72. The van der Waals surface area contributed by atoms with Gasteiger partial charge < -0.3 is 5.32 Å². The third kappa shape index (κ3) is 3.83. The summed E-state index contributed by atoms with van der Waals surface area (Å²) >= 11 is 0. The molecule has 1 heterocycles. The number of rotatable bonds is 5. The summed E-state index contributed by atoms with van der Waals surface area (Å²) in [4.78, 5) is 16.9. The fourth-order valence-electron chi connectivity index (χ4n) is 3.09. The molecule has 1 atom stereocenters. The molecule has 0 fully saturated rings. The van der Waals surface area contributed by atoms with E-state index in [0.29, 0.717) is 5.56 Å². The summed E-state index contributed by atoms with van der Waals surface area (Å²) in [5, 5.41) is 7.27. The van der Waals surface area contributed by atoms with Crippen molar-refractivity contribution in [2.24, 2.45) is 0 Å². The summed E-state index contributed by atoms with van der Waals surface area (Å²) < 4.78 is 1.65. The van der Waals surface area contributed by atoms with Crippen molar-refractivity contribution in [3.63, 3.8) is 0 Å². The van der Waals surface area contributed by atoms with Crippen LogP contribution < -0.4 is 5.32 Å². The molecule has 5 heteroatoms. The molecule has 138 valence electrons. The Labute approximate surface area is 163 Å². The highest BCUT2D eigenvalue weighted by Crippen LogP contribution is 2.23. The van der Waals surface area contributed by atoms with Gasteiger partial charge in [-0.3, -0.25) is 4.79 Å². The number of aromatic nitrogens is 3. The van der Waals surface area contributed by atoms with Crippen LogP contribution in [0.3, 0.4) is 0 Å². The highest BCUT2D eigenvalue weighted by Gasteiger charge is 2.17. The molecule has 0 aliphatic rings. The fraction of sp³-hybridized carbons (Fsp3) is 0.0870. The van der Waals surface area contributed by atoms with Gasteiger partial charge in [0.2, 0.25) is 0 Å². The first-order chi connectivity index (χ1) is 13.7. The van der Waals surface area contributed by atoms with Crippen molar-refractivity contribution in [1.29, 1.82) is 0 Å². The van der Waals surface area contributed by atoms with Gasteiger partial charge in [0, 0.05) is 5.56 Å². The van der Waals surface area contributed by atoms with E-state index in [-0.39, 0.29) is 11.9 Å². The summed E-state index contributed by atoms with van der Waals surface area (Å²) in [7, 11) is 0. The number of carbonyl (C=O) groups excluding carboxylic acids is 1. The van der Waals surface area contributed by atoms with Crippen molar-refractivity contribution in [3.05, 3.63) is 114 Å². The predicted molar refractivity (Wildman–Crippen MR) is 108 cm³/mol. The number of benzene rings is 3. The second-order valence-corrected chi connectivity index (χ2v) is 6.61. The lowest BCUT2D eigenvalue weighted by Crippen LogP contribution is -2.29. The minimum atomic E-state index is -0.218. The van der Waals surface area contributed by atoms with E-state index in [1.807, 2.05) is 42.5 Å². The maximum Gasteiger partial charge on any atom is 0.252 e. The van der Waals surface area contributed by atoms with Gasteiger partial charge in [-0.25, -0.2) is 9.67 Å². The third-order valence-electron chi connectivity index (χ3n) is 4.63. The fourth-order valence-corrected chi connectivity index (χ4v) is 3.09. The number of nitrogens with one attached hydrogen (secondary N) is 1. The van der Waals surface area contributed by atoms with Gasteiger partial charge in [0.15, 0.2) is 0 Å². The average molecular weight is 368 g/mol. The highest BCUT2D eigenvalue weighted by molar-refractivity contribution is 5.94. The molecule has 0 bridgehead atoms. The van der Waals surface area contributed by atoms with Crippen LogP contribution in [0.5, 0.6) is 0 Å². The smallest absolute Gasteiger partial charge is 0.252 e. The Kier molecular flexibility index (Phi) is 4.97. The van der Waals surface area contributed by atoms with Gasteiger partial charge in [-0.05, 0) is 42.3 Å². The van der Waals surface area contributed by atoms with E-state index in [1.54, 1.807) is 23.1 Å². The Balaban J connectivity index is 1.59. The molecule has 1 amide bonds. The first-order valence-corrected chi connectivity index (χ1v) is 9.08. The number of nitrogens with zero attached hydrogens (tertiary/aromatic N) is 3. The lowest BCUT2D eigenvalue weighted by molar-refractivity contribution is 0.0943. The third-order valence-corrected chi connectivity index (χ3v) is 4.63. The van der Waals surface area contributed by atoms with E-state index in [1.165, 1.54) is 11.9 Å². The van der Waals surface area contributed by atoms with Crippen LogP contribution in [0.15, 0.2) is 91.5 Å². The maximum atomic E-state index is 12.9. The zero-order chi connectivity index (χ0) is 19.3. The molecule has 5 nitrogen and oxygen atoms in total. The van der Waals surface area contributed by atoms with Crippen LogP contribution in [0.25, 0.3) is 5.69 Å². The van der Waals surface area contributed by atoms with Crippen LogP contribution in [-0.4, -0.2) is 20.7 Å². The van der Waals surface area contributed by atoms with E-state index in [4.69, 9.17) is 0 Å². The van der Waals surface area contributed by atoms with Gasteiger partial charge >= 0.3 is 0 Å². The van der Waals surface area contributed by atoms with Gasteiger partial charge in [0.25, 0.3) is 5.91 Å². The van der Waals surface area contributed by atoms with Crippen molar-refractivity contribution >= 4 is 5.91 Å². The van der Waals surface area contributed by atoms with Crippen molar-refractivity contribution in [1.82, 2.24) is 20.1 Å². The van der Waals surface area contributed by atoms with E-state index in [9.17, 15) is 4.79 Å². The monoisotopic (exact) mass is 368 g/mol. The molecule has 0 radical (unpaired) electrons. The van der Waals surface area contributed by atoms with Crippen molar-refractivity contribution in [2.75, 3.05) is 0 Å². The zero-order valence-corrected chi connectivity index (χ0v) is 15.5. The van der Waals surface area contributed by atoms with Crippen LogP contribution >= 0.6 is 0 Å². The molecule has 4 aromatic rings. The quantitative estimate of drug-likeness (QED) is 0.577. The van der Waals surface area contributed by atoms with Crippen LogP contribution in [-0.2, 0) is 0 Å². The Hall–Kier alpha value is -3.73. The summed E-state index contributed by atoms with van der Waals surface area (Å²) in [6.45, 7) is 2.05. The second-order valence-electron chi connectivity index (χ2n) is 6.61. The van der Waals surface area contributed by atoms with E-state index < -0.39 is 0 Å². The molecule has 1 aromatic heterocycles. The lowest BCUT2D eigenvalue weighted by Gasteiger charge is -2.20. The van der Waals surface area contributed by atoms with Crippen molar-refractivity contribution < 1.29 is 4.79 Å². The topological polar surface area (TPSA) is 59.8 Å². The molecule has 28 heavy (non-hydrogen) atoms. The second kappa shape index (κ2) is 7.88. The number of carbonyl (C=O) groups is 1. The van der Waals surface area contributed by atoms with E-state index in [0.717, 1.165) is 16.8 Å². The van der Waals surface area contributed by atoms with Gasteiger partial charge in [-0.1, -0.05) is 60.2 Å². The van der Waals surface area contributed by atoms with Crippen LogP contribution in [0.2, 0.25) is 0 Å². The minimum Gasteiger partial charge on any atom is -0.341 e. The standard InChI is InChI=1S/C23H20N4O/c1-17-7-9-19(10-8-17)22(18-5-3-2-4-6-18)26-23(28)20-11-13-21(14-12-20)27-16-24-15-25-27/h2-16,22H,1H3,(H,26,28)/t22-/m0/s1. The molecule has 4 rings (SSSR count). The average Bonchev–Trinajstić information content (AvgIpc) is 3.28. The SMILES string of the molecule is Cc1ccc([C@@H](NC(=O)c2ccc(-n3cncn3)cc2)c2ccccc2)cc1. The van der Waals surface area contributed by atoms with Gasteiger partial charge in [-0.15, -0.1) is 0 Å². The van der Waals surface area contributed by atoms with Crippen LogP contribution in [0.1, 0.15) is 33.1 Å².